The van der Waals surface area contributed by atoms with Crippen LogP contribution in [0.5, 0.6) is 5.75 Å². The molecule has 0 atom stereocenters. The first-order chi connectivity index (χ1) is 8.58. The number of benzene rings is 1. The zero-order chi connectivity index (χ0) is 13.5. The molecule has 0 aromatic heterocycles. The summed E-state index contributed by atoms with van der Waals surface area (Å²) in [6.45, 7) is 2.01. The monoisotopic (exact) mass is 252 g/mol. The number of esters is 1. The van der Waals surface area contributed by atoms with E-state index in [-0.39, 0.29) is 18.1 Å². The summed E-state index contributed by atoms with van der Waals surface area (Å²) in [5.41, 5.74) is 6.35. The quantitative estimate of drug-likeness (QED) is 0.590. The summed E-state index contributed by atoms with van der Waals surface area (Å²) in [5, 5.41) is 2.35. The van der Waals surface area contributed by atoms with Crippen LogP contribution in [-0.4, -0.2) is 32.1 Å². The maximum absolute atomic E-state index is 11.6. The van der Waals surface area contributed by atoms with Crippen molar-refractivity contribution < 1.29 is 19.1 Å². The maximum Gasteiger partial charge on any atom is 0.338 e. The number of nitrogens with one attached hydrogen (secondary N) is 1. The van der Waals surface area contributed by atoms with Gasteiger partial charge in [0.15, 0.2) is 6.61 Å². The molecule has 0 bridgehead atoms. The van der Waals surface area contributed by atoms with Crippen molar-refractivity contribution in [3.8, 4) is 5.75 Å². The molecular formula is C12H16N2O4. The van der Waals surface area contributed by atoms with Crippen LogP contribution in [0.25, 0.3) is 0 Å². The highest BCUT2D eigenvalue weighted by Gasteiger charge is 2.11. The average molecular weight is 252 g/mol. The molecule has 0 heterocycles. The summed E-state index contributed by atoms with van der Waals surface area (Å²) in [7, 11) is 1.46. The van der Waals surface area contributed by atoms with Gasteiger partial charge < -0.3 is 20.5 Å². The number of carbonyl (C=O) groups excluding carboxylic acids is 2. The number of nitrogens with two attached hydrogens (primary N) is 1. The lowest BCUT2D eigenvalue weighted by Crippen LogP contribution is -2.25. The van der Waals surface area contributed by atoms with Crippen LogP contribution in [0, 0.1) is 0 Å². The lowest BCUT2D eigenvalue weighted by Gasteiger charge is -2.08. The zero-order valence-corrected chi connectivity index (χ0v) is 10.4. The minimum absolute atomic E-state index is 0.278. The predicted molar refractivity (Wildman–Crippen MR) is 66.4 cm³/mol. The van der Waals surface area contributed by atoms with Crippen molar-refractivity contribution in [2.75, 3.05) is 26.0 Å². The Balaban J connectivity index is 2.69. The molecule has 6 heteroatoms. The van der Waals surface area contributed by atoms with Crippen LogP contribution in [-0.2, 0) is 9.53 Å². The van der Waals surface area contributed by atoms with Crippen molar-refractivity contribution >= 4 is 17.6 Å². The number of hydrogen-bond acceptors (Lipinski definition) is 5. The number of amides is 1. The van der Waals surface area contributed by atoms with Crippen LogP contribution in [0.1, 0.15) is 17.3 Å². The van der Waals surface area contributed by atoms with Crippen molar-refractivity contribution in [2.24, 2.45) is 0 Å². The fourth-order valence-electron chi connectivity index (χ4n) is 1.25. The molecule has 1 aromatic rings. The number of rotatable bonds is 5. The van der Waals surface area contributed by atoms with Crippen molar-refractivity contribution in [2.45, 2.75) is 6.92 Å². The van der Waals surface area contributed by atoms with Gasteiger partial charge in [0, 0.05) is 7.05 Å². The first-order valence-corrected chi connectivity index (χ1v) is 5.48. The van der Waals surface area contributed by atoms with E-state index in [2.05, 4.69) is 5.32 Å². The molecule has 18 heavy (non-hydrogen) atoms. The number of nitrogen functional groups attached to an aromatic ring is 1. The van der Waals surface area contributed by atoms with E-state index in [9.17, 15) is 9.59 Å². The van der Waals surface area contributed by atoms with Gasteiger partial charge >= 0.3 is 5.97 Å². The largest absolute Gasteiger partial charge is 0.492 e. The molecule has 1 aromatic carbocycles. The molecule has 1 amide bonds. The Labute approximate surface area is 105 Å². The van der Waals surface area contributed by atoms with Crippen molar-refractivity contribution in [1.82, 2.24) is 5.32 Å². The highest BCUT2D eigenvalue weighted by atomic mass is 16.5. The molecule has 0 spiro atoms. The number of ether oxygens (including phenoxy) is 2. The number of carbonyl (C=O) groups is 2. The molecule has 0 aliphatic heterocycles. The number of anilines is 1. The summed E-state index contributed by atoms with van der Waals surface area (Å²) in [5.74, 6) is -0.462. The third kappa shape index (κ3) is 3.65. The Morgan fingerprint density at radius 2 is 2.11 bits per heavy atom. The third-order valence-corrected chi connectivity index (χ3v) is 2.16. The molecule has 1 rings (SSSR count). The molecule has 3 N–H and O–H groups in total. The van der Waals surface area contributed by atoms with Gasteiger partial charge in [-0.2, -0.15) is 0 Å². The van der Waals surface area contributed by atoms with E-state index in [1.807, 2.05) is 6.92 Å². The minimum atomic E-state index is -0.603. The molecule has 0 aliphatic carbocycles. The zero-order valence-electron chi connectivity index (χ0n) is 10.4. The molecule has 0 unspecified atom stereocenters. The van der Waals surface area contributed by atoms with E-state index in [1.165, 1.54) is 19.2 Å². The van der Waals surface area contributed by atoms with Crippen LogP contribution < -0.4 is 15.8 Å². The molecule has 0 saturated carbocycles. The van der Waals surface area contributed by atoms with Gasteiger partial charge in [-0.25, -0.2) is 4.79 Å². The van der Waals surface area contributed by atoms with Gasteiger partial charge in [-0.3, -0.25) is 4.79 Å². The van der Waals surface area contributed by atoms with Gasteiger partial charge in [-0.05, 0) is 25.1 Å². The minimum Gasteiger partial charge on any atom is -0.492 e. The molecule has 0 saturated heterocycles. The standard InChI is InChI=1S/C12H16N2O4/c1-3-17-10-5-4-8(6-9(10)13)12(16)18-7-11(15)14-2/h4-6H,3,7,13H2,1-2H3,(H,14,15). The van der Waals surface area contributed by atoms with E-state index in [4.69, 9.17) is 15.2 Å². The number of hydrogen-bond donors (Lipinski definition) is 2. The summed E-state index contributed by atoms with van der Waals surface area (Å²) >= 11 is 0. The molecule has 0 radical (unpaired) electrons. The van der Waals surface area contributed by atoms with Gasteiger partial charge in [-0.15, -0.1) is 0 Å². The molecule has 98 valence electrons. The predicted octanol–water partition coefficient (Wildman–Crippen LogP) is 0.570. The Bertz CT molecular complexity index is 446. The average Bonchev–Trinajstić information content (AvgIpc) is 2.38. The fraction of sp³-hybridized carbons (Fsp3) is 0.333. The molecular weight excluding hydrogens is 236 g/mol. The Morgan fingerprint density at radius 1 is 1.39 bits per heavy atom. The summed E-state index contributed by atoms with van der Waals surface area (Å²) in [4.78, 5) is 22.5. The lowest BCUT2D eigenvalue weighted by atomic mass is 10.2. The summed E-state index contributed by atoms with van der Waals surface area (Å²) < 4.78 is 10.0. The summed E-state index contributed by atoms with van der Waals surface area (Å²) in [6, 6.07) is 4.58. The second-order valence-electron chi connectivity index (χ2n) is 3.43. The SMILES string of the molecule is CCOc1ccc(C(=O)OCC(=O)NC)cc1N. The molecule has 0 fully saturated rings. The van der Waals surface area contributed by atoms with E-state index in [0.717, 1.165) is 0 Å². The highest BCUT2D eigenvalue weighted by molar-refractivity contribution is 5.92. The van der Waals surface area contributed by atoms with Gasteiger partial charge in [-0.1, -0.05) is 0 Å². The summed E-state index contributed by atoms with van der Waals surface area (Å²) in [6.07, 6.45) is 0. The normalized spacial score (nSPS) is 9.67. The van der Waals surface area contributed by atoms with E-state index in [0.29, 0.717) is 18.0 Å². The Hall–Kier alpha value is -2.24. The van der Waals surface area contributed by atoms with Crippen LogP contribution in [0.4, 0.5) is 5.69 Å². The molecule has 6 nitrogen and oxygen atoms in total. The smallest absolute Gasteiger partial charge is 0.338 e. The van der Waals surface area contributed by atoms with E-state index < -0.39 is 5.97 Å². The van der Waals surface area contributed by atoms with Gasteiger partial charge in [0.1, 0.15) is 5.75 Å². The van der Waals surface area contributed by atoms with Crippen LogP contribution in [0.15, 0.2) is 18.2 Å². The molecule has 0 aliphatic rings. The van der Waals surface area contributed by atoms with Gasteiger partial charge in [0.25, 0.3) is 5.91 Å². The Kier molecular flexibility index (Phi) is 4.98. The highest BCUT2D eigenvalue weighted by Crippen LogP contribution is 2.22. The van der Waals surface area contributed by atoms with Crippen LogP contribution in [0.2, 0.25) is 0 Å². The third-order valence-electron chi connectivity index (χ3n) is 2.16. The van der Waals surface area contributed by atoms with Gasteiger partial charge in [0.05, 0.1) is 17.9 Å². The van der Waals surface area contributed by atoms with Crippen molar-refractivity contribution in [3.63, 3.8) is 0 Å². The second-order valence-corrected chi connectivity index (χ2v) is 3.43. The Morgan fingerprint density at radius 3 is 2.67 bits per heavy atom. The fourth-order valence-corrected chi connectivity index (χ4v) is 1.25. The van der Waals surface area contributed by atoms with Crippen molar-refractivity contribution in [3.05, 3.63) is 23.8 Å². The van der Waals surface area contributed by atoms with Crippen LogP contribution in [0.3, 0.4) is 0 Å². The van der Waals surface area contributed by atoms with E-state index in [1.54, 1.807) is 6.07 Å². The maximum atomic E-state index is 11.6. The van der Waals surface area contributed by atoms with Crippen molar-refractivity contribution in [1.29, 1.82) is 0 Å². The van der Waals surface area contributed by atoms with Crippen LogP contribution >= 0.6 is 0 Å². The first kappa shape index (κ1) is 13.8. The van der Waals surface area contributed by atoms with E-state index >= 15 is 0 Å². The topological polar surface area (TPSA) is 90.6 Å². The lowest BCUT2D eigenvalue weighted by molar-refractivity contribution is -0.123. The first-order valence-electron chi connectivity index (χ1n) is 5.48. The second kappa shape index (κ2) is 6.48. The van der Waals surface area contributed by atoms with Gasteiger partial charge in [0.2, 0.25) is 0 Å². The number of likely N-dealkylation sites (N-methyl/N-ethyl adjacent to an activating group) is 1.